The predicted molar refractivity (Wildman–Crippen MR) is 102 cm³/mol. The van der Waals surface area contributed by atoms with E-state index in [1.54, 1.807) is 0 Å². The first kappa shape index (κ1) is 20.4. The van der Waals surface area contributed by atoms with Gasteiger partial charge in [0.05, 0.1) is 6.04 Å². The lowest BCUT2D eigenvalue weighted by Gasteiger charge is -2.26. The maximum atomic E-state index is 12.6. The van der Waals surface area contributed by atoms with Gasteiger partial charge in [-0.3, -0.25) is 4.79 Å². The Kier molecular flexibility index (Phi) is 8.10. The highest BCUT2D eigenvalue weighted by Gasteiger charge is 2.28. The molecule has 0 spiro atoms. The summed E-state index contributed by atoms with van der Waals surface area (Å²) < 4.78 is 5.66. The third-order valence-electron chi connectivity index (χ3n) is 4.78. The molecule has 0 bridgehead atoms. The zero-order valence-corrected chi connectivity index (χ0v) is 15.9. The number of hydrogen-bond donors (Lipinski definition) is 2. The van der Waals surface area contributed by atoms with Gasteiger partial charge in [0, 0.05) is 0 Å². The molecule has 0 aliphatic heterocycles. The van der Waals surface area contributed by atoms with Crippen LogP contribution < -0.4 is 11.1 Å². The molecule has 0 saturated heterocycles. The van der Waals surface area contributed by atoms with Crippen molar-refractivity contribution in [1.29, 1.82) is 0 Å². The molecule has 2 rings (SSSR count). The van der Waals surface area contributed by atoms with E-state index in [-0.39, 0.29) is 23.9 Å². The average Bonchev–Trinajstić information content (AvgIpc) is 2.62. The molecule has 5 nitrogen and oxygen atoms in total. The van der Waals surface area contributed by atoms with Crippen LogP contribution in [-0.4, -0.2) is 30.1 Å². The molecule has 26 heavy (non-hydrogen) atoms. The Morgan fingerprint density at radius 3 is 2.42 bits per heavy atom. The number of benzene rings is 1. The quantitative estimate of drug-likeness (QED) is 0.698. The van der Waals surface area contributed by atoms with Crippen molar-refractivity contribution in [2.75, 3.05) is 0 Å². The van der Waals surface area contributed by atoms with Crippen molar-refractivity contribution in [3.05, 3.63) is 35.9 Å². The van der Waals surface area contributed by atoms with Crippen LogP contribution in [0.4, 0.5) is 0 Å². The van der Waals surface area contributed by atoms with Crippen molar-refractivity contribution in [3.63, 3.8) is 0 Å². The largest absolute Gasteiger partial charge is 0.461 e. The number of hydrogen-bond acceptors (Lipinski definition) is 4. The summed E-state index contributed by atoms with van der Waals surface area (Å²) >= 11 is 0. The summed E-state index contributed by atoms with van der Waals surface area (Å²) in [6, 6.07) is 8.33. The van der Waals surface area contributed by atoms with Crippen molar-refractivity contribution >= 4 is 11.9 Å². The molecule has 1 aromatic rings. The Labute approximate surface area is 156 Å². The topological polar surface area (TPSA) is 81.4 Å². The van der Waals surface area contributed by atoms with Crippen molar-refractivity contribution in [3.8, 4) is 0 Å². The van der Waals surface area contributed by atoms with E-state index in [0.717, 1.165) is 31.2 Å². The molecule has 0 radical (unpaired) electrons. The van der Waals surface area contributed by atoms with E-state index in [9.17, 15) is 9.59 Å². The number of carbonyl (C=O) groups excluding carboxylic acids is 2. The van der Waals surface area contributed by atoms with E-state index in [1.807, 2.05) is 44.2 Å². The summed E-state index contributed by atoms with van der Waals surface area (Å²) in [6.07, 6.45) is 6.22. The second-order valence-corrected chi connectivity index (χ2v) is 7.68. The minimum Gasteiger partial charge on any atom is -0.461 e. The van der Waals surface area contributed by atoms with Gasteiger partial charge in [0.2, 0.25) is 5.91 Å². The number of nitrogens with one attached hydrogen (secondary N) is 1. The third-order valence-corrected chi connectivity index (χ3v) is 4.78. The van der Waals surface area contributed by atoms with Gasteiger partial charge >= 0.3 is 5.97 Å². The molecule has 1 saturated carbocycles. The van der Waals surface area contributed by atoms with Gasteiger partial charge in [-0.1, -0.05) is 50.6 Å². The van der Waals surface area contributed by atoms with Crippen LogP contribution in [0.2, 0.25) is 0 Å². The molecule has 1 amide bonds. The van der Waals surface area contributed by atoms with Crippen LogP contribution in [0.5, 0.6) is 0 Å². The van der Waals surface area contributed by atoms with Gasteiger partial charge in [-0.2, -0.15) is 0 Å². The van der Waals surface area contributed by atoms with Gasteiger partial charge in [0.1, 0.15) is 12.1 Å². The minimum absolute atomic E-state index is 0.0131. The molecule has 1 aliphatic rings. The molecule has 5 heteroatoms. The fourth-order valence-corrected chi connectivity index (χ4v) is 3.35. The molecule has 3 N–H and O–H groups in total. The lowest BCUT2D eigenvalue weighted by Crippen LogP contribution is -2.50. The van der Waals surface area contributed by atoms with Crippen molar-refractivity contribution < 1.29 is 14.3 Å². The van der Waals surface area contributed by atoms with Gasteiger partial charge < -0.3 is 15.8 Å². The molecule has 1 aromatic carbocycles. The van der Waals surface area contributed by atoms with E-state index >= 15 is 0 Å². The van der Waals surface area contributed by atoms with Crippen LogP contribution in [0.3, 0.4) is 0 Å². The SMILES string of the molecule is CC(C)C[C@H](NC(=O)[C@@H](N)Cc1ccccc1)C(=O)OC1CCCCC1. The normalized spacial score (nSPS) is 17.5. The van der Waals surface area contributed by atoms with E-state index in [2.05, 4.69) is 5.32 Å². The number of rotatable bonds is 8. The Bertz CT molecular complexity index is 568. The Hall–Kier alpha value is -1.88. The number of amides is 1. The lowest BCUT2D eigenvalue weighted by atomic mass is 9.97. The van der Waals surface area contributed by atoms with E-state index in [4.69, 9.17) is 10.5 Å². The molecule has 1 fully saturated rings. The maximum absolute atomic E-state index is 12.6. The highest BCUT2D eigenvalue weighted by molar-refractivity contribution is 5.87. The molecular formula is C21H32N2O3. The van der Waals surface area contributed by atoms with Crippen molar-refractivity contribution in [2.24, 2.45) is 11.7 Å². The summed E-state index contributed by atoms with van der Waals surface area (Å²) in [7, 11) is 0. The van der Waals surface area contributed by atoms with Gasteiger partial charge in [0.15, 0.2) is 0 Å². The molecule has 144 valence electrons. The number of ether oxygens (including phenoxy) is 1. The third kappa shape index (κ3) is 6.79. The van der Waals surface area contributed by atoms with Crippen LogP contribution in [0.1, 0.15) is 57.9 Å². The van der Waals surface area contributed by atoms with Crippen LogP contribution in [0, 0.1) is 5.92 Å². The van der Waals surface area contributed by atoms with E-state index in [1.165, 1.54) is 6.42 Å². The fraction of sp³-hybridized carbons (Fsp3) is 0.619. The number of esters is 1. The molecule has 2 atom stereocenters. The average molecular weight is 360 g/mol. The standard InChI is InChI=1S/C21H32N2O3/c1-15(2)13-19(21(25)26-17-11-7-4-8-12-17)23-20(24)18(22)14-16-9-5-3-6-10-16/h3,5-6,9-10,15,17-19H,4,7-8,11-14,22H2,1-2H3,(H,23,24)/t18-,19-/m0/s1. The zero-order chi connectivity index (χ0) is 18.9. The highest BCUT2D eigenvalue weighted by atomic mass is 16.5. The number of carbonyl (C=O) groups is 2. The molecule has 0 aromatic heterocycles. The maximum Gasteiger partial charge on any atom is 0.328 e. The summed E-state index contributed by atoms with van der Waals surface area (Å²) in [5.41, 5.74) is 7.05. The molecule has 0 unspecified atom stereocenters. The molecule has 0 heterocycles. The van der Waals surface area contributed by atoms with Crippen molar-refractivity contribution in [2.45, 2.75) is 77.0 Å². The Balaban J connectivity index is 1.92. The smallest absolute Gasteiger partial charge is 0.328 e. The second kappa shape index (κ2) is 10.3. The summed E-state index contributed by atoms with van der Waals surface area (Å²) in [6.45, 7) is 4.05. The molecular weight excluding hydrogens is 328 g/mol. The van der Waals surface area contributed by atoms with Gasteiger partial charge in [0.25, 0.3) is 0 Å². The predicted octanol–water partition coefficient (Wildman–Crippen LogP) is 2.96. The Morgan fingerprint density at radius 1 is 1.15 bits per heavy atom. The fourth-order valence-electron chi connectivity index (χ4n) is 3.35. The van der Waals surface area contributed by atoms with Gasteiger partial charge in [-0.25, -0.2) is 4.79 Å². The first-order valence-electron chi connectivity index (χ1n) is 9.76. The summed E-state index contributed by atoms with van der Waals surface area (Å²) in [4.78, 5) is 25.1. The monoisotopic (exact) mass is 360 g/mol. The number of nitrogens with two attached hydrogens (primary N) is 1. The Morgan fingerprint density at radius 2 is 1.81 bits per heavy atom. The van der Waals surface area contributed by atoms with Gasteiger partial charge in [-0.05, 0) is 50.0 Å². The van der Waals surface area contributed by atoms with Crippen LogP contribution in [0.25, 0.3) is 0 Å². The summed E-state index contributed by atoms with van der Waals surface area (Å²) in [5.74, 6) is -0.365. The van der Waals surface area contributed by atoms with Crippen LogP contribution >= 0.6 is 0 Å². The zero-order valence-electron chi connectivity index (χ0n) is 15.9. The first-order chi connectivity index (χ1) is 12.5. The highest BCUT2D eigenvalue weighted by Crippen LogP contribution is 2.21. The van der Waals surface area contributed by atoms with Crippen molar-refractivity contribution in [1.82, 2.24) is 5.32 Å². The van der Waals surface area contributed by atoms with Crippen LogP contribution in [0.15, 0.2) is 30.3 Å². The van der Waals surface area contributed by atoms with E-state index in [0.29, 0.717) is 12.8 Å². The van der Waals surface area contributed by atoms with Crippen LogP contribution in [-0.2, 0) is 20.7 Å². The van der Waals surface area contributed by atoms with Gasteiger partial charge in [-0.15, -0.1) is 0 Å². The summed E-state index contributed by atoms with van der Waals surface area (Å²) in [5, 5.41) is 2.82. The molecule has 1 aliphatic carbocycles. The lowest BCUT2D eigenvalue weighted by molar-refractivity contribution is -0.155. The minimum atomic E-state index is -0.686. The van der Waals surface area contributed by atoms with E-state index < -0.39 is 12.1 Å². The first-order valence-corrected chi connectivity index (χ1v) is 9.76. The second-order valence-electron chi connectivity index (χ2n) is 7.68.